The number of carbonyl (C=O) groups excluding carboxylic acids is 1. The molecule has 4 rings (SSSR count). The highest BCUT2D eigenvalue weighted by atomic mass is 35.5. The molecule has 2 heterocycles. The second kappa shape index (κ2) is 8.90. The quantitative estimate of drug-likeness (QED) is 0.521. The van der Waals surface area contributed by atoms with Crippen LogP contribution >= 0.6 is 11.6 Å². The first-order valence-electron chi connectivity index (χ1n) is 10.1. The van der Waals surface area contributed by atoms with Crippen LogP contribution in [-0.2, 0) is 19.5 Å². The standard InChI is InChI=1S/C25H25ClN2O2/c1-27(2)17-22-14-21-16-28(13-12-24(21)30-22)25(29)20-11-10-19(23(26)15-20)9-8-18-6-4-3-5-7-18/h3-11,14-15H,12-13,16-17H2,1-2H3. The van der Waals surface area contributed by atoms with Crippen LogP contribution in [0.1, 0.15) is 38.6 Å². The molecule has 1 aliphatic heterocycles. The number of rotatable bonds is 5. The number of carbonyl (C=O) groups is 1. The molecule has 0 fully saturated rings. The molecule has 1 amide bonds. The molecule has 3 aromatic rings. The molecule has 1 aromatic heterocycles. The molecule has 2 aromatic carbocycles. The molecule has 0 aliphatic carbocycles. The summed E-state index contributed by atoms with van der Waals surface area (Å²) >= 11 is 6.47. The summed E-state index contributed by atoms with van der Waals surface area (Å²) in [5.74, 6) is 1.93. The summed E-state index contributed by atoms with van der Waals surface area (Å²) < 4.78 is 5.94. The Kier molecular flexibility index (Phi) is 6.07. The maximum Gasteiger partial charge on any atom is 0.254 e. The fraction of sp³-hybridized carbons (Fsp3) is 0.240. The zero-order valence-corrected chi connectivity index (χ0v) is 18.0. The molecule has 0 atom stereocenters. The summed E-state index contributed by atoms with van der Waals surface area (Å²) in [6.07, 6.45) is 4.72. The number of furan rings is 1. The van der Waals surface area contributed by atoms with E-state index in [1.807, 2.05) is 73.6 Å². The first-order valence-corrected chi connectivity index (χ1v) is 10.4. The van der Waals surface area contributed by atoms with Crippen molar-refractivity contribution in [1.29, 1.82) is 0 Å². The second-order valence-corrected chi connectivity index (χ2v) is 8.26. The maximum absolute atomic E-state index is 13.0. The van der Waals surface area contributed by atoms with E-state index < -0.39 is 0 Å². The molecular formula is C25H25ClN2O2. The van der Waals surface area contributed by atoms with Crippen molar-refractivity contribution in [2.75, 3.05) is 20.6 Å². The molecule has 0 saturated carbocycles. The van der Waals surface area contributed by atoms with Gasteiger partial charge in [-0.3, -0.25) is 4.79 Å². The van der Waals surface area contributed by atoms with Crippen molar-refractivity contribution in [3.63, 3.8) is 0 Å². The first kappa shape index (κ1) is 20.5. The Bertz CT molecular complexity index is 1070. The van der Waals surface area contributed by atoms with E-state index in [9.17, 15) is 4.79 Å². The molecule has 30 heavy (non-hydrogen) atoms. The van der Waals surface area contributed by atoms with Crippen molar-refractivity contribution >= 4 is 29.7 Å². The Morgan fingerprint density at radius 1 is 1.13 bits per heavy atom. The predicted octanol–water partition coefficient (Wildman–Crippen LogP) is 5.36. The minimum absolute atomic E-state index is 0.00324. The summed E-state index contributed by atoms with van der Waals surface area (Å²) in [5.41, 5.74) is 3.70. The van der Waals surface area contributed by atoms with Crippen LogP contribution in [-0.4, -0.2) is 36.3 Å². The number of nitrogens with zero attached hydrogens (tertiary/aromatic N) is 2. The maximum atomic E-state index is 13.0. The van der Waals surface area contributed by atoms with Gasteiger partial charge in [0.2, 0.25) is 0 Å². The minimum Gasteiger partial charge on any atom is -0.464 e. The van der Waals surface area contributed by atoms with Crippen LogP contribution in [0.3, 0.4) is 0 Å². The highest BCUT2D eigenvalue weighted by molar-refractivity contribution is 6.32. The molecule has 0 N–H and O–H groups in total. The molecule has 154 valence electrons. The van der Waals surface area contributed by atoms with Gasteiger partial charge >= 0.3 is 0 Å². The van der Waals surface area contributed by atoms with Crippen LogP contribution in [0.4, 0.5) is 0 Å². The van der Waals surface area contributed by atoms with Crippen LogP contribution in [0.15, 0.2) is 59.0 Å². The Morgan fingerprint density at radius 3 is 2.67 bits per heavy atom. The SMILES string of the molecule is CN(C)Cc1cc2c(o1)CCN(C(=O)c1ccc(C=Cc3ccccc3)c(Cl)c1)C2. The van der Waals surface area contributed by atoms with E-state index >= 15 is 0 Å². The highest BCUT2D eigenvalue weighted by Gasteiger charge is 2.25. The van der Waals surface area contributed by atoms with Crippen molar-refractivity contribution in [1.82, 2.24) is 9.80 Å². The van der Waals surface area contributed by atoms with Crippen LogP contribution in [0.2, 0.25) is 5.02 Å². The normalized spacial score (nSPS) is 13.8. The van der Waals surface area contributed by atoms with Crippen molar-refractivity contribution in [2.45, 2.75) is 19.5 Å². The first-order chi connectivity index (χ1) is 14.5. The van der Waals surface area contributed by atoms with Gasteiger partial charge in [0.15, 0.2) is 0 Å². The van der Waals surface area contributed by atoms with Gasteiger partial charge < -0.3 is 14.2 Å². The summed E-state index contributed by atoms with van der Waals surface area (Å²) in [7, 11) is 4.03. The molecule has 0 spiro atoms. The van der Waals surface area contributed by atoms with Gasteiger partial charge in [0.05, 0.1) is 6.54 Å². The third-order valence-corrected chi connectivity index (χ3v) is 5.51. The lowest BCUT2D eigenvalue weighted by Crippen LogP contribution is -2.35. The number of benzene rings is 2. The second-order valence-electron chi connectivity index (χ2n) is 7.86. The molecule has 1 aliphatic rings. The zero-order valence-electron chi connectivity index (χ0n) is 17.3. The molecule has 0 radical (unpaired) electrons. The van der Waals surface area contributed by atoms with Gasteiger partial charge in [0.25, 0.3) is 5.91 Å². The fourth-order valence-electron chi connectivity index (χ4n) is 3.69. The van der Waals surface area contributed by atoms with E-state index in [2.05, 4.69) is 11.0 Å². The summed E-state index contributed by atoms with van der Waals surface area (Å²) in [6, 6.07) is 17.6. The molecule has 0 saturated heterocycles. The van der Waals surface area contributed by atoms with Gasteiger partial charge in [0, 0.05) is 35.7 Å². The number of amides is 1. The lowest BCUT2D eigenvalue weighted by molar-refractivity contribution is 0.0729. The third kappa shape index (κ3) is 4.66. The van der Waals surface area contributed by atoms with Gasteiger partial charge in [-0.05, 0) is 43.4 Å². The van der Waals surface area contributed by atoms with E-state index in [4.69, 9.17) is 16.0 Å². The van der Waals surface area contributed by atoms with Crippen molar-refractivity contribution in [3.05, 3.63) is 93.4 Å². The number of hydrogen-bond donors (Lipinski definition) is 0. The van der Waals surface area contributed by atoms with Gasteiger partial charge in [-0.1, -0.05) is 60.2 Å². The monoisotopic (exact) mass is 420 g/mol. The molecular weight excluding hydrogens is 396 g/mol. The Hall–Kier alpha value is -2.82. The lowest BCUT2D eigenvalue weighted by Gasteiger charge is -2.26. The van der Waals surface area contributed by atoms with E-state index in [0.29, 0.717) is 23.7 Å². The van der Waals surface area contributed by atoms with Gasteiger partial charge in [-0.2, -0.15) is 0 Å². The van der Waals surface area contributed by atoms with E-state index in [0.717, 1.165) is 41.2 Å². The summed E-state index contributed by atoms with van der Waals surface area (Å²) in [4.78, 5) is 17.0. The topological polar surface area (TPSA) is 36.7 Å². The molecule has 5 heteroatoms. The summed E-state index contributed by atoms with van der Waals surface area (Å²) in [5, 5.41) is 0.572. The Morgan fingerprint density at radius 2 is 1.93 bits per heavy atom. The molecule has 0 bridgehead atoms. The Balaban J connectivity index is 1.46. The molecule has 4 nitrogen and oxygen atoms in total. The van der Waals surface area contributed by atoms with Crippen LogP contribution < -0.4 is 0 Å². The molecule has 0 unspecified atom stereocenters. The van der Waals surface area contributed by atoms with Crippen molar-refractivity contribution in [3.8, 4) is 0 Å². The van der Waals surface area contributed by atoms with Crippen molar-refractivity contribution < 1.29 is 9.21 Å². The average Bonchev–Trinajstić information content (AvgIpc) is 3.13. The van der Waals surface area contributed by atoms with E-state index in [-0.39, 0.29) is 5.91 Å². The number of fused-ring (bicyclic) bond motifs is 1. The van der Waals surface area contributed by atoms with Crippen molar-refractivity contribution in [2.24, 2.45) is 0 Å². The Labute approximate surface area is 182 Å². The fourth-order valence-corrected chi connectivity index (χ4v) is 3.93. The van der Waals surface area contributed by atoms with Gasteiger partial charge in [-0.15, -0.1) is 0 Å². The largest absolute Gasteiger partial charge is 0.464 e. The van der Waals surface area contributed by atoms with Crippen LogP contribution in [0.25, 0.3) is 12.2 Å². The average molecular weight is 421 g/mol. The summed E-state index contributed by atoms with van der Waals surface area (Å²) in [6.45, 7) is 1.97. The van der Waals surface area contributed by atoms with Crippen LogP contribution in [0.5, 0.6) is 0 Å². The van der Waals surface area contributed by atoms with Gasteiger partial charge in [-0.25, -0.2) is 0 Å². The van der Waals surface area contributed by atoms with Gasteiger partial charge in [0.1, 0.15) is 11.5 Å². The van der Waals surface area contributed by atoms with Crippen LogP contribution in [0, 0.1) is 0 Å². The van der Waals surface area contributed by atoms with E-state index in [1.54, 1.807) is 6.07 Å². The van der Waals surface area contributed by atoms with E-state index in [1.165, 1.54) is 0 Å². The third-order valence-electron chi connectivity index (χ3n) is 5.18. The predicted molar refractivity (Wildman–Crippen MR) is 121 cm³/mol. The lowest BCUT2D eigenvalue weighted by atomic mass is 10.1. The minimum atomic E-state index is -0.00324. The number of hydrogen-bond acceptors (Lipinski definition) is 3. The zero-order chi connectivity index (χ0) is 21.1. The number of halogens is 1. The highest BCUT2D eigenvalue weighted by Crippen LogP contribution is 2.26. The smallest absolute Gasteiger partial charge is 0.254 e.